The molecule has 3 heteroatoms. The predicted molar refractivity (Wildman–Crippen MR) is 47.4 cm³/mol. The van der Waals surface area contributed by atoms with Gasteiger partial charge in [-0.15, -0.1) is 0 Å². The number of hydrogen-bond donors (Lipinski definition) is 0. The first-order valence-corrected chi connectivity index (χ1v) is 6.09. The van der Waals surface area contributed by atoms with Crippen LogP contribution in [0.15, 0.2) is 20.0 Å². The van der Waals surface area contributed by atoms with Crippen LogP contribution in [0.25, 0.3) is 0 Å². The maximum atomic E-state index is 2.39. The molecule has 0 nitrogen and oxygen atoms in total. The molecule has 0 aromatic heterocycles. The number of halogens is 2. The minimum absolute atomic E-state index is 0. The molecule has 0 bridgehead atoms. The van der Waals surface area contributed by atoms with Gasteiger partial charge in [0.1, 0.15) is 0 Å². The van der Waals surface area contributed by atoms with Crippen molar-refractivity contribution in [1.29, 1.82) is 0 Å². The molecule has 0 N–H and O–H groups in total. The second-order valence-electron chi connectivity index (χ2n) is 3.97. The van der Waals surface area contributed by atoms with Gasteiger partial charge in [0.25, 0.3) is 0 Å². The summed E-state index contributed by atoms with van der Waals surface area (Å²) in [5.74, 6) is 0.804. The first-order chi connectivity index (χ1) is 5.72. The molecule has 1 unspecified atom stereocenters. The third-order valence-electron chi connectivity index (χ3n) is 3.32. The minimum atomic E-state index is 0. The van der Waals surface area contributed by atoms with E-state index in [2.05, 4.69) is 13.8 Å². The smallest absolute Gasteiger partial charge is 1.00 e. The van der Waals surface area contributed by atoms with Crippen molar-refractivity contribution >= 4 is 0 Å². The van der Waals surface area contributed by atoms with Gasteiger partial charge in [-0.2, -0.15) is 0 Å². The molecule has 0 saturated carbocycles. The normalized spacial score (nSPS) is 25.6. The van der Waals surface area contributed by atoms with Crippen molar-refractivity contribution in [2.45, 2.75) is 39.5 Å². The van der Waals surface area contributed by atoms with E-state index in [9.17, 15) is 0 Å². The molecule has 0 fully saturated rings. The zero-order chi connectivity index (χ0) is 8.72. The molecule has 0 saturated heterocycles. The van der Waals surface area contributed by atoms with Gasteiger partial charge < -0.3 is 24.8 Å². The topological polar surface area (TPSA) is 0 Å². The van der Waals surface area contributed by atoms with Crippen LogP contribution in [-0.4, -0.2) is 0 Å². The van der Waals surface area contributed by atoms with Gasteiger partial charge in [-0.1, -0.05) is 0 Å². The Balaban J connectivity index is 0.000000845. The molecule has 0 aromatic rings. The fourth-order valence-electron chi connectivity index (χ4n) is 2.50. The second-order valence-corrected chi connectivity index (χ2v) is 5.30. The average molecular weight is 309 g/mol. The van der Waals surface area contributed by atoms with E-state index >= 15 is 0 Å². The summed E-state index contributed by atoms with van der Waals surface area (Å²) in [5, 5.41) is 0. The van der Waals surface area contributed by atoms with Gasteiger partial charge in [-0.05, 0) is 0 Å². The average Bonchev–Trinajstić information content (AvgIpc) is 2.33. The molecular weight excluding hydrogens is 294 g/mol. The van der Waals surface area contributed by atoms with Gasteiger partial charge in [0.15, 0.2) is 0 Å². The van der Waals surface area contributed by atoms with Crippen LogP contribution in [0.4, 0.5) is 0 Å². The molecule has 2 aliphatic rings. The van der Waals surface area contributed by atoms with Crippen molar-refractivity contribution in [2.75, 3.05) is 0 Å². The zero-order valence-corrected chi connectivity index (χ0v) is 12.6. The molecule has 1 atom stereocenters. The maximum Gasteiger partial charge on any atom is -1.00 e. The van der Waals surface area contributed by atoms with Crippen LogP contribution in [0.2, 0.25) is 0 Å². The molecular formula is C11H15Cl2Zr. The SMILES string of the molecule is CC1=[C]([Zr+2])C(C)C2=C1CCCC2.[Cl-].[Cl-]. The summed E-state index contributed by atoms with van der Waals surface area (Å²) in [6.07, 6.45) is 5.60. The Bertz CT molecular complexity index is 279. The van der Waals surface area contributed by atoms with Crippen LogP contribution in [-0.2, 0) is 24.7 Å². The number of allylic oxidation sites excluding steroid dienone is 4. The fraction of sp³-hybridized carbons (Fsp3) is 0.636. The van der Waals surface area contributed by atoms with E-state index in [1.54, 1.807) is 44.7 Å². The van der Waals surface area contributed by atoms with Crippen LogP contribution in [0.5, 0.6) is 0 Å². The third kappa shape index (κ3) is 2.36. The Kier molecular flexibility index (Phi) is 6.27. The summed E-state index contributed by atoms with van der Waals surface area (Å²) in [6, 6.07) is 0. The van der Waals surface area contributed by atoms with Crippen LogP contribution < -0.4 is 24.8 Å². The molecule has 0 amide bonds. The molecule has 2 rings (SSSR count). The minimum Gasteiger partial charge on any atom is -1.00 e. The quantitative estimate of drug-likeness (QED) is 0.458. The van der Waals surface area contributed by atoms with Crippen molar-refractivity contribution in [3.8, 4) is 0 Å². The molecule has 0 aliphatic heterocycles. The standard InChI is InChI=1S/C11H15.2ClH.Zr/c1-8-7-9(2)11-6-4-3-5-10(8)11;;;/h8H,3-6H2,1-2H3;2*1H;/q;;;+2/p-2. The molecule has 2 aliphatic carbocycles. The summed E-state index contributed by atoms with van der Waals surface area (Å²) in [7, 11) is 0. The first kappa shape index (κ1) is 14.9. The third-order valence-corrected chi connectivity index (χ3v) is 5.31. The maximum absolute atomic E-state index is 2.39. The molecule has 14 heavy (non-hydrogen) atoms. The van der Waals surface area contributed by atoms with Gasteiger partial charge in [-0.3, -0.25) is 0 Å². The predicted octanol–water partition coefficient (Wildman–Crippen LogP) is -2.66. The monoisotopic (exact) mass is 307 g/mol. The Morgan fingerprint density at radius 1 is 1.14 bits per heavy atom. The zero-order valence-electron chi connectivity index (χ0n) is 8.66. The van der Waals surface area contributed by atoms with Gasteiger partial charge in [0, 0.05) is 0 Å². The number of rotatable bonds is 0. The van der Waals surface area contributed by atoms with Crippen molar-refractivity contribution < 1.29 is 49.5 Å². The van der Waals surface area contributed by atoms with E-state index in [4.69, 9.17) is 0 Å². The van der Waals surface area contributed by atoms with Crippen molar-refractivity contribution in [1.82, 2.24) is 0 Å². The Labute approximate surface area is 114 Å². The van der Waals surface area contributed by atoms with Crippen LogP contribution in [0.3, 0.4) is 0 Å². The van der Waals surface area contributed by atoms with E-state index in [1.807, 2.05) is 0 Å². The van der Waals surface area contributed by atoms with Crippen molar-refractivity contribution in [3.05, 3.63) is 20.0 Å². The van der Waals surface area contributed by atoms with Crippen molar-refractivity contribution in [3.63, 3.8) is 0 Å². The Morgan fingerprint density at radius 3 is 2.29 bits per heavy atom. The number of hydrogen-bond acceptors (Lipinski definition) is 0. The largest absolute Gasteiger partial charge is 1.00 e. The molecule has 0 radical (unpaired) electrons. The molecule has 0 spiro atoms. The summed E-state index contributed by atoms with van der Waals surface area (Å²) < 4.78 is 1.72. The van der Waals surface area contributed by atoms with E-state index in [1.165, 1.54) is 25.7 Å². The molecule has 0 heterocycles. The summed E-state index contributed by atoms with van der Waals surface area (Å²) in [4.78, 5) is 0. The molecule has 77 valence electrons. The van der Waals surface area contributed by atoms with Crippen molar-refractivity contribution in [2.24, 2.45) is 5.92 Å². The Morgan fingerprint density at radius 2 is 1.71 bits per heavy atom. The summed E-state index contributed by atoms with van der Waals surface area (Å²) in [6.45, 7) is 4.72. The van der Waals surface area contributed by atoms with Gasteiger partial charge >= 0.3 is 90.2 Å². The van der Waals surface area contributed by atoms with E-state index in [-0.39, 0.29) is 24.8 Å². The summed E-state index contributed by atoms with van der Waals surface area (Å²) in [5.41, 5.74) is 5.17. The van der Waals surface area contributed by atoms with E-state index in [0.29, 0.717) is 0 Å². The van der Waals surface area contributed by atoms with Crippen LogP contribution in [0.1, 0.15) is 39.5 Å². The first-order valence-electron chi connectivity index (χ1n) is 4.86. The Hall–Kier alpha value is 0.943. The van der Waals surface area contributed by atoms with Gasteiger partial charge in [-0.25, -0.2) is 0 Å². The van der Waals surface area contributed by atoms with E-state index in [0.717, 1.165) is 5.92 Å². The second kappa shape index (κ2) is 5.87. The van der Waals surface area contributed by atoms with Gasteiger partial charge in [0.2, 0.25) is 0 Å². The fourth-order valence-corrected chi connectivity index (χ4v) is 3.30. The van der Waals surface area contributed by atoms with Gasteiger partial charge in [0.05, 0.1) is 0 Å². The van der Waals surface area contributed by atoms with Crippen LogP contribution in [0, 0.1) is 5.92 Å². The summed E-state index contributed by atoms with van der Waals surface area (Å²) >= 11 is 1.64. The van der Waals surface area contributed by atoms with E-state index < -0.39 is 0 Å². The van der Waals surface area contributed by atoms with Crippen LogP contribution >= 0.6 is 0 Å². The molecule has 0 aromatic carbocycles.